The molecule has 0 aromatic heterocycles. The van der Waals surface area contributed by atoms with Gasteiger partial charge in [0.05, 0.1) is 5.54 Å². The van der Waals surface area contributed by atoms with Crippen LogP contribution in [-0.4, -0.2) is 36.0 Å². The van der Waals surface area contributed by atoms with Gasteiger partial charge in [-0.3, -0.25) is 4.79 Å². The van der Waals surface area contributed by atoms with Crippen LogP contribution >= 0.6 is 0 Å². The van der Waals surface area contributed by atoms with E-state index in [0.717, 1.165) is 18.7 Å². The third kappa shape index (κ3) is 4.47. The highest BCUT2D eigenvalue weighted by molar-refractivity contribution is 5.85. The molecular formula is C12H24N2O. The second-order valence-electron chi connectivity index (χ2n) is 4.43. The quantitative estimate of drug-likeness (QED) is 0.681. The highest BCUT2D eigenvalue weighted by Gasteiger charge is 2.30. The van der Waals surface area contributed by atoms with Gasteiger partial charge in [-0.2, -0.15) is 0 Å². The zero-order chi connectivity index (χ0) is 12.1. The van der Waals surface area contributed by atoms with E-state index in [9.17, 15) is 4.79 Å². The van der Waals surface area contributed by atoms with Crippen LogP contribution in [0.1, 0.15) is 34.6 Å². The molecule has 0 heterocycles. The lowest BCUT2D eigenvalue weighted by atomic mass is 10.0. The summed E-state index contributed by atoms with van der Waals surface area (Å²) in [4.78, 5) is 14.0. The lowest BCUT2D eigenvalue weighted by Gasteiger charge is -2.32. The summed E-state index contributed by atoms with van der Waals surface area (Å²) in [5, 5.41) is 3.19. The number of carbonyl (C=O) groups is 1. The van der Waals surface area contributed by atoms with E-state index in [2.05, 4.69) is 11.9 Å². The summed E-state index contributed by atoms with van der Waals surface area (Å²) in [6, 6.07) is 0. The molecule has 88 valence electrons. The third-order valence-electron chi connectivity index (χ3n) is 2.28. The monoisotopic (exact) mass is 212 g/mol. The molecule has 0 fully saturated rings. The van der Waals surface area contributed by atoms with Crippen LogP contribution in [0.4, 0.5) is 0 Å². The first-order chi connectivity index (χ1) is 6.85. The first kappa shape index (κ1) is 14.2. The van der Waals surface area contributed by atoms with Gasteiger partial charge in [-0.05, 0) is 34.2 Å². The molecule has 1 N–H and O–H groups in total. The van der Waals surface area contributed by atoms with Crippen molar-refractivity contribution in [3.8, 4) is 0 Å². The van der Waals surface area contributed by atoms with Crippen LogP contribution in [0.3, 0.4) is 0 Å². The van der Waals surface area contributed by atoms with Gasteiger partial charge in [0.15, 0.2) is 0 Å². The van der Waals surface area contributed by atoms with Gasteiger partial charge in [0.25, 0.3) is 0 Å². The van der Waals surface area contributed by atoms with Gasteiger partial charge in [0, 0.05) is 13.1 Å². The van der Waals surface area contributed by atoms with Crippen molar-refractivity contribution in [3.63, 3.8) is 0 Å². The maximum absolute atomic E-state index is 12.1. The van der Waals surface area contributed by atoms with E-state index in [1.807, 2.05) is 39.5 Å². The van der Waals surface area contributed by atoms with Gasteiger partial charge < -0.3 is 10.2 Å². The van der Waals surface area contributed by atoms with E-state index < -0.39 is 5.54 Å². The molecule has 0 aliphatic heterocycles. The highest BCUT2D eigenvalue weighted by Crippen LogP contribution is 2.09. The smallest absolute Gasteiger partial charge is 0.242 e. The summed E-state index contributed by atoms with van der Waals surface area (Å²) in [5.74, 6) is 0.134. The SMILES string of the molecule is C=C(C)CN(CC)C(=O)C(C)(C)NCC. The molecule has 0 spiro atoms. The Morgan fingerprint density at radius 1 is 1.40 bits per heavy atom. The van der Waals surface area contributed by atoms with Crippen LogP contribution in [0.5, 0.6) is 0 Å². The van der Waals surface area contributed by atoms with Gasteiger partial charge in [-0.25, -0.2) is 0 Å². The second kappa shape index (κ2) is 5.91. The molecule has 0 saturated carbocycles. The number of amides is 1. The molecule has 0 bridgehead atoms. The molecule has 0 aromatic carbocycles. The van der Waals surface area contributed by atoms with Crippen molar-refractivity contribution in [2.24, 2.45) is 0 Å². The standard InChI is InChI=1S/C12H24N2O/c1-7-13-12(5,6)11(15)14(8-2)9-10(3)4/h13H,3,7-9H2,1-2,4-6H3. The molecule has 15 heavy (non-hydrogen) atoms. The summed E-state index contributed by atoms with van der Waals surface area (Å²) in [5.41, 5.74) is 0.526. The van der Waals surface area contributed by atoms with E-state index in [0.29, 0.717) is 6.54 Å². The van der Waals surface area contributed by atoms with Crippen molar-refractivity contribution in [1.29, 1.82) is 0 Å². The number of nitrogens with zero attached hydrogens (tertiary/aromatic N) is 1. The Labute approximate surface area is 93.5 Å². The molecule has 0 rings (SSSR count). The van der Waals surface area contributed by atoms with Crippen molar-refractivity contribution in [3.05, 3.63) is 12.2 Å². The number of carbonyl (C=O) groups excluding carboxylic acids is 1. The molecule has 3 heteroatoms. The molecular weight excluding hydrogens is 188 g/mol. The van der Waals surface area contributed by atoms with Gasteiger partial charge in [0.2, 0.25) is 5.91 Å². The average Bonchev–Trinajstić information content (AvgIpc) is 2.12. The molecule has 0 atom stereocenters. The first-order valence-electron chi connectivity index (χ1n) is 5.54. The second-order valence-corrected chi connectivity index (χ2v) is 4.43. The molecule has 0 saturated heterocycles. The maximum atomic E-state index is 12.1. The summed E-state index contributed by atoms with van der Waals surface area (Å²) in [6.07, 6.45) is 0. The number of nitrogens with one attached hydrogen (secondary N) is 1. The molecule has 3 nitrogen and oxygen atoms in total. The molecule has 0 aromatic rings. The van der Waals surface area contributed by atoms with Crippen molar-refractivity contribution in [2.45, 2.75) is 40.2 Å². The molecule has 0 radical (unpaired) electrons. The molecule has 0 aliphatic rings. The van der Waals surface area contributed by atoms with Crippen LogP contribution in [0, 0.1) is 0 Å². The minimum Gasteiger partial charge on any atom is -0.337 e. The van der Waals surface area contributed by atoms with Crippen molar-refractivity contribution in [1.82, 2.24) is 10.2 Å². The Bertz CT molecular complexity index is 234. The summed E-state index contributed by atoms with van der Waals surface area (Å²) >= 11 is 0. The van der Waals surface area contributed by atoms with Crippen LogP contribution in [0.25, 0.3) is 0 Å². The molecule has 1 amide bonds. The number of hydrogen-bond donors (Lipinski definition) is 1. The third-order valence-corrected chi connectivity index (χ3v) is 2.28. The van der Waals surface area contributed by atoms with Crippen LogP contribution in [-0.2, 0) is 4.79 Å². The number of likely N-dealkylation sites (N-methyl/N-ethyl adjacent to an activating group) is 2. The molecule has 0 unspecified atom stereocenters. The fourth-order valence-electron chi connectivity index (χ4n) is 1.57. The summed E-state index contributed by atoms with van der Waals surface area (Å²) < 4.78 is 0. The van der Waals surface area contributed by atoms with E-state index in [4.69, 9.17) is 0 Å². The Morgan fingerprint density at radius 2 is 1.93 bits per heavy atom. The minimum absolute atomic E-state index is 0.134. The zero-order valence-electron chi connectivity index (χ0n) is 10.7. The average molecular weight is 212 g/mol. The summed E-state index contributed by atoms with van der Waals surface area (Å²) in [7, 11) is 0. The first-order valence-corrected chi connectivity index (χ1v) is 5.54. The Balaban J connectivity index is 4.56. The van der Waals surface area contributed by atoms with Crippen LogP contribution in [0.15, 0.2) is 12.2 Å². The van der Waals surface area contributed by atoms with Gasteiger partial charge in [-0.1, -0.05) is 19.1 Å². The largest absolute Gasteiger partial charge is 0.337 e. The normalized spacial score (nSPS) is 11.3. The Hall–Kier alpha value is -0.830. The van der Waals surface area contributed by atoms with Crippen molar-refractivity contribution >= 4 is 5.91 Å². The van der Waals surface area contributed by atoms with E-state index in [-0.39, 0.29) is 5.91 Å². The Morgan fingerprint density at radius 3 is 2.27 bits per heavy atom. The number of rotatable bonds is 6. The maximum Gasteiger partial charge on any atom is 0.242 e. The predicted molar refractivity (Wildman–Crippen MR) is 64.8 cm³/mol. The van der Waals surface area contributed by atoms with Crippen molar-refractivity contribution < 1.29 is 4.79 Å². The lowest BCUT2D eigenvalue weighted by molar-refractivity contribution is -0.136. The molecule has 0 aliphatic carbocycles. The Kier molecular flexibility index (Phi) is 5.58. The van der Waals surface area contributed by atoms with Gasteiger partial charge in [0.1, 0.15) is 0 Å². The number of hydrogen-bond acceptors (Lipinski definition) is 2. The zero-order valence-corrected chi connectivity index (χ0v) is 10.7. The summed E-state index contributed by atoms with van der Waals surface area (Å²) in [6.45, 7) is 15.8. The van der Waals surface area contributed by atoms with E-state index >= 15 is 0 Å². The van der Waals surface area contributed by atoms with Gasteiger partial charge >= 0.3 is 0 Å². The highest BCUT2D eigenvalue weighted by atomic mass is 16.2. The fourth-order valence-corrected chi connectivity index (χ4v) is 1.57. The predicted octanol–water partition coefficient (Wildman–Crippen LogP) is 1.80. The lowest BCUT2D eigenvalue weighted by Crippen LogP contribution is -2.54. The van der Waals surface area contributed by atoms with Crippen LogP contribution in [0.2, 0.25) is 0 Å². The fraction of sp³-hybridized carbons (Fsp3) is 0.750. The minimum atomic E-state index is -0.486. The topological polar surface area (TPSA) is 32.3 Å². The van der Waals surface area contributed by atoms with E-state index in [1.165, 1.54) is 0 Å². The van der Waals surface area contributed by atoms with Gasteiger partial charge in [-0.15, -0.1) is 0 Å². The van der Waals surface area contributed by atoms with Crippen molar-refractivity contribution in [2.75, 3.05) is 19.6 Å². The van der Waals surface area contributed by atoms with Crippen LogP contribution < -0.4 is 5.32 Å². The van der Waals surface area contributed by atoms with E-state index in [1.54, 1.807) is 0 Å².